The first-order valence-electron chi connectivity index (χ1n) is 13.8. The molecule has 0 spiro atoms. The largest absolute Gasteiger partial charge is 0.495 e. The van der Waals surface area contributed by atoms with Gasteiger partial charge in [0.1, 0.15) is 17.4 Å². The van der Waals surface area contributed by atoms with Crippen molar-refractivity contribution in [2.45, 2.75) is 45.8 Å². The first-order valence-corrected chi connectivity index (χ1v) is 13.8. The van der Waals surface area contributed by atoms with Crippen LogP contribution in [0.5, 0.6) is 5.75 Å². The number of aromatic nitrogens is 4. The molecule has 41 heavy (non-hydrogen) atoms. The number of nitrogens with zero attached hydrogens (tertiary/aromatic N) is 7. The van der Waals surface area contributed by atoms with E-state index < -0.39 is 0 Å². The molecule has 1 N–H and O–H groups in total. The summed E-state index contributed by atoms with van der Waals surface area (Å²) in [6.07, 6.45) is 7.00. The molecule has 1 fully saturated rings. The molecular formula is C31H33N7O3. The van der Waals surface area contributed by atoms with Gasteiger partial charge >= 0.3 is 6.03 Å². The van der Waals surface area contributed by atoms with Gasteiger partial charge in [-0.25, -0.2) is 24.6 Å². The lowest BCUT2D eigenvalue weighted by Crippen LogP contribution is -2.46. The van der Waals surface area contributed by atoms with Crippen molar-refractivity contribution >= 4 is 29.0 Å². The number of benzene rings is 1. The Balaban J connectivity index is 1.32. The number of amides is 2. The van der Waals surface area contributed by atoms with Gasteiger partial charge in [0.15, 0.2) is 5.82 Å². The Morgan fingerprint density at radius 3 is 2.39 bits per heavy atom. The summed E-state index contributed by atoms with van der Waals surface area (Å²) in [5.41, 5.74) is 5.59. The fraction of sp³-hybridized carbons (Fsp3) is 0.323. The van der Waals surface area contributed by atoms with E-state index in [0.29, 0.717) is 36.2 Å². The van der Waals surface area contributed by atoms with E-state index in [0.717, 1.165) is 59.7 Å². The second kappa shape index (κ2) is 11.1. The molecule has 1 saturated heterocycles. The van der Waals surface area contributed by atoms with Crippen molar-refractivity contribution in [3.8, 4) is 5.75 Å². The summed E-state index contributed by atoms with van der Waals surface area (Å²) in [6, 6.07) is 13.4. The lowest BCUT2D eigenvalue weighted by atomic mass is 10.1. The van der Waals surface area contributed by atoms with Crippen LogP contribution in [-0.4, -0.2) is 57.4 Å². The average Bonchev–Trinajstić information content (AvgIpc) is 2.98. The van der Waals surface area contributed by atoms with Crippen molar-refractivity contribution in [2.75, 3.05) is 34.9 Å². The van der Waals surface area contributed by atoms with Crippen molar-refractivity contribution in [3.63, 3.8) is 0 Å². The zero-order valence-electron chi connectivity index (χ0n) is 23.5. The van der Waals surface area contributed by atoms with Gasteiger partial charge in [-0.15, -0.1) is 0 Å². The predicted molar refractivity (Wildman–Crippen MR) is 157 cm³/mol. The van der Waals surface area contributed by atoms with Crippen molar-refractivity contribution in [1.29, 1.82) is 0 Å². The van der Waals surface area contributed by atoms with E-state index in [-0.39, 0.29) is 12.1 Å². The van der Waals surface area contributed by atoms with Gasteiger partial charge in [0.2, 0.25) is 0 Å². The van der Waals surface area contributed by atoms with E-state index in [4.69, 9.17) is 9.72 Å². The van der Waals surface area contributed by atoms with E-state index in [2.05, 4.69) is 25.9 Å². The van der Waals surface area contributed by atoms with Crippen LogP contribution in [0.25, 0.3) is 0 Å². The molecule has 2 aliphatic rings. The van der Waals surface area contributed by atoms with Crippen LogP contribution in [0.4, 0.5) is 27.8 Å². The molecule has 0 atom stereocenters. The summed E-state index contributed by atoms with van der Waals surface area (Å²) < 4.78 is 5.29. The number of anilines is 4. The minimum atomic E-state index is -0.230. The SMILES string of the molecule is COc1ccc(N2C(=O)N(c3c(C)cccc3C)Cc3cnc(Cc4ccc(N5CCC(O)CC5)cn4)nc32)nc1. The van der Waals surface area contributed by atoms with Gasteiger partial charge in [0.05, 0.1) is 49.9 Å². The number of aliphatic hydroxyl groups is 1. The molecule has 210 valence electrons. The zero-order chi connectivity index (χ0) is 28.5. The number of urea groups is 1. The van der Waals surface area contributed by atoms with Crippen LogP contribution < -0.4 is 19.4 Å². The smallest absolute Gasteiger partial charge is 0.336 e. The highest BCUT2D eigenvalue weighted by Crippen LogP contribution is 2.37. The Morgan fingerprint density at radius 1 is 0.951 bits per heavy atom. The second-order valence-corrected chi connectivity index (χ2v) is 10.5. The van der Waals surface area contributed by atoms with Crippen LogP contribution in [0.3, 0.4) is 0 Å². The molecule has 10 heteroatoms. The number of hydrogen-bond acceptors (Lipinski definition) is 8. The summed E-state index contributed by atoms with van der Waals surface area (Å²) in [7, 11) is 1.58. The summed E-state index contributed by atoms with van der Waals surface area (Å²) in [4.78, 5) is 38.4. The van der Waals surface area contributed by atoms with Gasteiger partial charge in [-0.1, -0.05) is 18.2 Å². The average molecular weight is 552 g/mol. The fourth-order valence-electron chi connectivity index (χ4n) is 5.51. The number of aryl methyl sites for hydroxylation is 2. The molecule has 3 aromatic heterocycles. The molecule has 2 aliphatic heterocycles. The van der Waals surface area contributed by atoms with Crippen molar-refractivity contribution in [2.24, 2.45) is 0 Å². The normalized spacial score (nSPS) is 15.7. The second-order valence-electron chi connectivity index (χ2n) is 10.5. The number of rotatable bonds is 6. The van der Waals surface area contributed by atoms with Crippen molar-refractivity contribution in [1.82, 2.24) is 19.9 Å². The van der Waals surface area contributed by atoms with Crippen LogP contribution in [0, 0.1) is 13.8 Å². The third kappa shape index (κ3) is 5.30. The highest BCUT2D eigenvalue weighted by atomic mass is 16.5. The van der Waals surface area contributed by atoms with E-state index in [1.807, 2.05) is 44.3 Å². The Bertz CT molecular complexity index is 1530. The molecule has 10 nitrogen and oxygen atoms in total. The van der Waals surface area contributed by atoms with Crippen molar-refractivity contribution < 1.29 is 14.6 Å². The lowest BCUT2D eigenvalue weighted by molar-refractivity contribution is 0.145. The molecule has 0 unspecified atom stereocenters. The topological polar surface area (TPSA) is 108 Å². The molecule has 4 aromatic rings. The number of ether oxygens (including phenoxy) is 1. The molecular weight excluding hydrogens is 518 g/mol. The minimum Gasteiger partial charge on any atom is -0.495 e. The monoisotopic (exact) mass is 551 g/mol. The van der Waals surface area contributed by atoms with Gasteiger partial charge < -0.3 is 14.7 Å². The third-order valence-corrected chi connectivity index (χ3v) is 7.73. The minimum absolute atomic E-state index is 0.216. The first kappa shape index (κ1) is 26.6. The number of aliphatic hydroxyl groups excluding tert-OH is 1. The number of pyridine rings is 2. The summed E-state index contributed by atoms with van der Waals surface area (Å²) >= 11 is 0. The van der Waals surface area contributed by atoms with Crippen molar-refractivity contribution in [3.05, 3.63) is 89.3 Å². The number of carbonyl (C=O) groups excluding carboxylic acids is 1. The van der Waals surface area contributed by atoms with E-state index in [1.165, 1.54) is 0 Å². The van der Waals surface area contributed by atoms with Crippen LogP contribution in [0.1, 0.15) is 41.1 Å². The molecule has 0 radical (unpaired) electrons. The third-order valence-electron chi connectivity index (χ3n) is 7.73. The van der Waals surface area contributed by atoms with Crippen LogP contribution in [0.15, 0.2) is 61.1 Å². The first-order chi connectivity index (χ1) is 19.9. The number of methoxy groups -OCH3 is 1. The van der Waals surface area contributed by atoms with E-state index in [1.54, 1.807) is 41.4 Å². The van der Waals surface area contributed by atoms with Crippen LogP contribution in [-0.2, 0) is 13.0 Å². The molecule has 2 amide bonds. The number of fused-ring (bicyclic) bond motifs is 1. The molecule has 5 heterocycles. The molecule has 0 bridgehead atoms. The highest BCUT2D eigenvalue weighted by molar-refractivity contribution is 6.10. The molecule has 1 aromatic carbocycles. The standard InChI is InChI=1S/C31H33N7O3/c1-20-5-4-6-21(2)29(20)37-19-22-16-33-27(15-23-7-8-24(17-32-23)36-13-11-25(39)12-14-36)35-30(22)38(31(37)40)28-10-9-26(41-3)18-34-28/h4-10,16-18,25,39H,11-15,19H2,1-3H3. The van der Waals surface area contributed by atoms with E-state index >= 15 is 0 Å². The highest BCUT2D eigenvalue weighted by Gasteiger charge is 2.36. The molecule has 6 rings (SSSR count). The summed E-state index contributed by atoms with van der Waals surface area (Å²) in [5, 5.41) is 9.80. The number of para-hydroxylation sites is 1. The quantitative estimate of drug-likeness (QED) is 0.367. The summed E-state index contributed by atoms with van der Waals surface area (Å²) in [5.74, 6) is 2.14. The Hall–Kier alpha value is -4.57. The lowest BCUT2D eigenvalue weighted by Gasteiger charge is -2.36. The van der Waals surface area contributed by atoms with Gasteiger partial charge in [-0.05, 0) is 62.1 Å². The van der Waals surface area contributed by atoms with Gasteiger partial charge in [0.25, 0.3) is 0 Å². The Morgan fingerprint density at radius 2 is 1.73 bits per heavy atom. The summed E-state index contributed by atoms with van der Waals surface area (Å²) in [6.45, 7) is 6.00. The van der Waals surface area contributed by atoms with Gasteiger partial charge in [-0.3, -0.25) is 9.88 Å². The fourth-order valence-corrected chi connectivity index (χ4v) is 5.51. The maximum Gasteiger partial charge on any atom is 0.336 e. The molecule has 0 aliphatic carbocycles. The van der Waals surface area contributed by atoms with E-state index in [9.17, 15) is 9.90 Å². The maximum atomic E-state index is 14.1. The zero-order valence-corrected chi connectivity index (χ0v) is 23.5. The number of carbonyl (C=O) groups is 1. The molecule has 0 saturated carbocycles. The number of hydrogen-bond donors (Lipinski definition) is 1. The predicted octanol–water partition coefficient (Wildman–Crippen LogP) is 4.72. The Kier molecular flexibility index (Phi) is 7.23. The van der Waals surface area contributed by atoms with Gasteiger partial charge in [-0.2, -0.15) is 0 Å². The van der Waals surface area contributed by atoms with Crippen LogP contribution in [0.2, 0.25) is 0 Å². The van der Waals surface area contributed by atoms with Gasteiger partial charge in [0, 0.05) is 30.5 Å². The number of piperidine rings is 1. The maximum absolute atomic E-state index is 14.1. The van der Waals surface area contributed by atoms with Crippen LogP contribution >= 0.6 is 0 Å². The Labute approximate surface area is 239 Å².